The summed E-state index contributed by atoms with van der Waals surface area (Å²) in [6, 6.07) is 10.4. The molecule has 1 N–H and O–H groups in total. The van der Waals surface area contributed by atoms with E-state index >= 15 is 0 Å². The fourth-order valence-electron chi connectivity index (χ4n) is 1.67. The SMILES string of the molecule is COC(=O)[C@@H](C)CNCCCc1ccccc1. The number of rotatable bonds is 7. The Kier molecular flexibility index (Phi) is 6.33. The lowest BCUT2D eigenvalue weighted by Crippen LogP contribution is -2.28. The molecular weight excluding hydrogens is 214 g/mol. The van der Waals surface area contributed by atoms with Crippen LogP contribution in [-0.4, -0.2) is 26.2 Å². The third kappa shape index (κ3) is 5.50. The monoisotopic (exact) mass is 235 g/mol. The highest BCUT2D eigenvalue weighted by Gasteiger charge is 2.11. The summed E-state index contributed by atoms with van der Waals surface area (Å²) in [6.07, 6.45) is 2.15. The minimum Gasteiger partial charge on any atom is -0.469 e. The molecule has 3 nitrogen and oxygen atoms in total. The first-order valence-corrected chi connectivity index (χ1v) is 6.06. The summed E-state index contributed by atoms with van der Waals surface area (Å²) in [4.78, 5) is 11.1. The van der Waals surface area contributed by atoms with Gasteiger partial charge in [0.1, 0.15) is 0 Å². The molecule has 0 aliphatic carbocycles. The molecule has 0 spiro atoms. The number of hydrogen-bond acceptors (Lipinski definition) is 3. The summed E-state index contributed by atoms with van der Waals surface area (Å²) >= 11 is 0. The van der Waals surface area contributed by atoms with Crippen LogP contribution in [0, 0.1) is 5.92 Å². The van der Waals surface area contributed by atoms with Gasteiger partial charge in [0.15, 0.2) is 0 Å². The van der Waals surface area contributed by atoms with Crippen LogP contribution in [0.15, 0.2) is 30.3 Å². The molecule has 0 unspecified atom stereocenters. The minimum atomic E-state index is -0.152. The zero-order valence-electron chi connectivity index (χ0n) is 10.6. The van der Waals surface area contributed by atoms with Crippen LogP contribution in [0.4, 0.5) is 0 Å². The normalized spacial score (nSPS) is 12.1. The number of carbonyl (C=O) groups excluding carboxylic acids is 1. The molecule has 0 amide bonds. The first kappa shape index (κ1) is 13.7. The number of hydrogen-bond donors (Lipinski definition) is 1. The predicted octanol–water partition coefficient (Wildman–Crippen LogP) is 2.02. The van der Waals surface area contributed by atoms with Gasteiger partial charge in [0, 0.05) is 6.54 Å². The zero-order valence-corrected chi connectivity index (χ0v) is 10.6. The van der Waals surface area contributed by atoms with Gasteiger partial charge in [-0.2, -0.15) is 0 Å². The maximum absolute atomic E-state index is 11.1. The minimum absolute atomic E-state index is 0.0725. The second kappa shape index (κ2) is 7.85. The summed E-state index contributed by atoms with van der Waals surface area (Å²) < 4.78 is 4.66. The molecule has 0 heterocycles. The molecule has 3 heteroatoms. The average molecular weight is 235 g/mol. The van der Waals surface area contributed by atoms with Gasteiger partial charge in [-0.25, -0.2) is 0 Å². The summed E-state index contributed by atoms with van der Waals surface area (Å²) in [5, 5.41) is 3.27. The fraction of sp³-hybridized carbons (Fsp3) is 0.500. The van der Waals surface area contributed by atoms with Gasteiger partial charge in [-0.3, -0.25) is 4.79 Å². The van der Waals surface area contributed by atoms with Crippen molar-refractivity contribution in [3.8, 4) is 0 Å². The van der Waals surface area contributed by atoms with Gasteiger partial charge in [0.2, 0.25) is 0 Å². The van der Waals surface area contributed by atoms with Crippen molar-refractivity contribution in [2.24, 2.45) is 5.92 Å². The largest absolute Gasteiger partial charge is 0.469 e. The molecule has 0 saturated carbocycles. The third-order valence-electron chi connectivity index (χ3n) is 2.72. The van der Waals surface area contributed by atoms with Crippen molar-refractivity contribution in [1.29, 1.82) is 0 Å². The number of nitrogens with one attached hydrogen (secondary N) is 1. The molecule has 0 aliphatic rings. The molecule has 1 rings (SSSR count). The van der Waals surface area contributed by atoms with Crippen molar-refractivity contribution in [1.82, 2.24) is 5.32 Å². The Morgan fingerprint density at radius 3 is 2.71 bits per heavy atom. The molecule has 1 aromatic rings. The van der Waals surface area contributed by atoms with Crippen LogP contribution in [0.3, 0.4) is 0 Å². The highest BCUT2D eigenvalue weighted by molar-refractivity contribution is 5.71. The highest BCUT2D eigenvalue weighted by Crippen LogP contribution is 2.01. The van der Waals surface area contributed by atoms with Gasteiger partial charge < -0.3 is 10.1 Å². The maximum Gasteiger partial charge on any atom is 0.309 e. The second-order valence-corrected chi connectivity index (χ2v) is 4.22. The summed E-state index contributed by atoms with van der Waals surface area (Å²) in [7, 11) is 1.42. The molecule has 0 aliphatic heterocycles. The van der Waals surface area contributed by atoms with Gasteiger partial charge in [-0.15, -0.1) is 0 Å². The van der Waals surface area contributed by atoms with Gasteiger partial charge in [-0.1, -0.05) is 37.3 Å². The van der Waals surface area contributed by atoms with Crippen molar-refractivity contribution < 1.29 is 9.53 Å². The van der Waals surface area contributed by atoms with Crippen LogP contribution in [0.25, 0.3) is 0 Å². The van der Waals surface area contributed by atoms with E-state index in [0.717, 1.165) is 19.4 Å². The van der Waals surface area contributed by atoms with Crippen molar-refractivity contribution >= 4 is 5.97 Å². The van der Waals surface area contributed by atoms with Gasteiger partial charge in [0.05, 0.1) is 13.0 Å². The molecule has 1 aromatic carbocycles. The van der Waals surface area contributed by atoms with E-state index in [1.807, 2.05) is 13.0 Å². The highest BCUT2D eigenvalue weighted by atomic mass is 16.5. The van der Waals surface area contributed by atoms with Crippen LogP contribution in [-0.2, 0) is 16.0 Å². The molecule has 94 valence electrons. The molecule has 0 radical (unpaired) electrons. The molecule has 0 bridgehead atoms. The van der Waals surface area contributed by atoms with Gasteiger partial charge in [-0.05, 0) is 24.9 Å². The second-order valence-electron chi connectivity index (χ2n) is 4.22. The van der Waals surface area contributed by atoms with Crippen molar-refractivity contribution in [3.05, 3.63) is 35.9 Å². The average Bonchev–Trinajstić information content (AvgIpc) is 2.38. The quantitative estimate of drug-likeness (QED) is 0.580. The Labute approximate surface area is 103 Å². The van der Waals surface area contributed by atoms with E-state index in [9.17, 15) is 4.79 Å². The lowest BCUT2D eigenvalue weighted by molar-refractivity contribution is -0.144. The number of esters is 1. The molecule has 0 fully saturated rings. The van der Waals surface area contributed by atoms with Crippen molar-refractivity contribution in [3.63, 3.8) is 0 Å². The van der Waals surface area contributed by atoms with Crippen LogP contribution in [0.2, 0.25) is 0 Å². The van der Waals surface area contributed by atoms with Gasteiger partial charge >= 0.3 is 5.97 Å². The van der Waals surface area contributed by atoms with Crippen LogP contribution < -0.4 is 5.32 Å². The van der Waals surface area contributed by atoms with Crippen molar-refractivity contribution in [2.45, 2.75) is 19.8 Å². The Morgan fingerprint density at radius 1 is 1.35 bits per heavy atom. The zero-order chi connectivity index (χ0) is 12.5. The Bertz CT molecular complexity index is 324. The first-order chi connectivity index (χ1) is 8.24. The van der Waals surface area contributed by atoms with E-state index in [-0.39, 0.29) is 11.9 Å². The van der Waals surface area contributed by atoms with Crippen LogP contribution in [0.1, 0.15) is 18.9 Å². The first-order valence-electron chi connectivity index (χ1n) is 6.06. The van der Waals surface area contributed by atoms with E-state index in [0.29, 0.717) is 6.54 Å². The lowest BCUT2D eigenvalue weighted by Gasteiger charge is -2.10. The summed E-state index contributed by atoms with van der Waals surface area (Å²) in [5.41, 5.74) is 1.36. The summed E-state index contributed by atoms with van der Waals surface area (Å²) in [6.45, 7) is 3.48. The summed E-state index contributed by atoms with van der Waals surface area (Å²) in [5.74, 6) is -0.225. The Balaban J connectivity index is 2.07. The van der Waals surface area contributed by atoms with Crippen molar-refractivity contribution in [2.75, 3.05) is 20.2 Å². The number of carbonyl (C=O) groups is 1. The van der Waals surface area contributed by atoms with E-state index < -0.39 is 0 Å². The molecule has 0 aromatic heterocycles. The standard InChI is InChI=1S/C14H21NO2/c1-12(14(16)17-2)11-15-10-6-9-13-7-4-3-5-8-13/h3-5,7-8,12,15H,6,9-11H2,1-2H3/t12-/m0/s1. The smallest absolute Gasteiger partial charge is 0.309 e. The number of methoxy groups -OCH3 is 1. The van der Waals surface area contributed by atoms with E-state index in [1.165, 1.54) is 12.7 Å². The Hall–Kier alpha value is -1.35. The van der Waals surface area contributed by atoms with E-state index in [1.54, 1.807) is 0 Å². The van der Waals surface area contributed by atoms with Gasteiger partial charge in [0.25, 0.3) is 0 Å². The molecule has 0 saturated heterocycles. The van der Waals surface area contributed by atoms with E-state index in [2.05, 4.69) is 34.3 Å². The molecular formula is C14H21NO2. The molecule has 1 atom stereocenters. The van der Waals surface area contributed by atoms with E-state index in [4.69, 9.17) is 0 Å². The number of ether oxygens (including phenoxy) is 1. The topological polar surface area (TPSA) is 38.3 Å². The fourth-order valence-corrected chi connectivity index (χ4v) is 1.67. The lowest BCUT2D eigenvalue weighted by atomic mass is 10.1. The Morgan fingerprint density at radius 2 is 2.06 bits per heavy atom. The third-order valence-corrected chi connectivity index (χ3v) is 2.72. The predicted molar refractivity (Wildman–Crippen MR) is 68.8 cm³/mol. The molecule has 17 heavy (non-hydrogen) atoms. The van der Waals surface area contributed by atoms with Crippen LogP contribution >= 0.6 is 0 Å². The van der Waals surface area contributed by atoms with Crippen LogP contribution in [0.5, 0.6) is 0 Å². The maximum atomic E-state index is 11.1. The number of aryl methyl sites for hydroxylation is 1. The number of benzene rings is 1.